The van der Waals surface area contributed by atoms with Gasteiger partial charge in [0, 0.05) is 12.1 Å². The number of pyridine rings is 1. The molecule has 0 N–H and O–H groups in total. The monoisotopic (exact) mass is 231 g/mol. The Hall–Kier alpha value is -1.18. The molecule has 0 radical (unpaired) electrons. The predicted octanol–water partition coefficient (Wildman–Crippen LogP) is 3.65. The van der Waals surface area contributed by atoms with Crippen molar-refractivity contribution < 1.29 is 4.79 Å². The minimum atomic E-state index is 0.190. The highest BCUT2D eigenvalue weighted by Gasteiger charge is 2.30. The SMILES string of the molecule is Cc1ccnc(C(=O)C2CCC(C)C(C)C2)c1. The quantitative estimate of drug-likeness (QED) is 0.727. The molecule has 0 aromatic carbocycles. The number of rotatable bonds is 2. The normalized spacial score (nSPS) is 29.0. The van der Waals surface area contributed by atoms with E-state index in [2.05, 4.69) is 18.8 Å². The van der Waals surface area contributed by atoms with Crippen LogP contribution in [0.5, 0.6) is 0 Å². The zero-order chi connectivity index (χ0) is 12.4. The molecule has 1 aliphatic carbocycles. The van der Waals surface area contributed by atoms with Crippen molar-refractivity contribution in [2.45, 2.75) is 40.0 Å². The first-order valence-corrected chi connectivity index (χ1v) is 6.54. The third-order valence-electron chi connectivity index (χ3n) is 4.14. The lowest BCUT2D eigenvalue weighted by atomic mass is 9.74. The second-order valence-corrected chi connectivity index (χ2v) is 5.55. The average molecular weight is 231 g/mol. The molecule has 1 aromatic rings. The van der Waals surface area contributed by atoms with Crippen molar-refractivity contribution in [1.29, 1.82) is 0 Å². The van der Waals surface area contributed by atoms with Gasteiger partial charge in [-0.2, -0.15) is 0 Å². The van der Waals surface area contributed by atoms with Gasteiger partial charge in [0.15, 0.2) is 5.78 Å². The first-order chi connectivity index (χ1) is 8.08. The van der Waals surface area contributed by atoms with E-state index in [0.717, 1.165) is 24.3 Å². The van der Waals surface area contributed by atoms with Gasteiger partial charge in [0.25, 0.3) is 0 Å². The summed E-state index contributed by atoms with van der Waals surface area (Å²) in [6, 6.07) is 3.84. The number of nitrogens with zero attached hydrogens (tertiary/aromatic N) is 1. The van der Waals surface area contributed by atoms with Crippen molar-refractivity contribution in [1.82, 2.24) is 4.98 Å². The molecular weight excluding hydrogens is 210 g/mol. The smallest absolute Gasteiger partial charge is 0.184 e. The fraction of sp³-hybridized carbons (Fsp3) is 0.600. The Bertz CT molecular complexity index is 413. The van der Waals surface area contributed by atoms with Gasteiger partial charge in [0.1, 0.15) is 5.69 Å². The van der Waals surface area contributed by atoms with Crippen molar-refractivity contribution in [3.8, 4) is 0 Å². The summed E-state index contributed by atoms with van der Waals surface area (Å²) in [4.78, 5) is 16.6. The zero-order valence-corrected chi connectivity index (χ0v) is 10.9. The molecule has 1 saturated carbocycles. The molecule has 17 heavy (non-hydrogen) atoms. The lowest BCUT2D eigenvalue weighted by molar-refractivity contribution is 0.0832. The summed E-state index contributed by atoms with van der Waals surface area (Å²) >= 11 is 0. The first kappa shape index (κ1) is 12.3. The van der Waals surface area contributed by atoms with Crippen LogP contribution in [0.25, 0.3) is 0 Å². The molecule has 2 rings (SSSR count). The molecule has 1 heterocycles. The summed E-state index contributed by atoms with van der Waals surface area (Å²) in [6.45, 7) is 6.55. The van der Waals surface area contributed by atoms with Gasteiger partial charge in [0.05, 0.1) is 0 Å². The van der Waals surface area contributed by atoms with Gasteiger partial charge in [0.2, 0.25) is 0 Å². The minimum absolute atomic E-state index is 0.190. The molecule has 1 fully saturated rings. The number of Topliss-reactive ketones (excluding diaryl/α,β-unsaturated/α-hetero) is 1. The fourth-order valence-corrected chi connectivity index (χ4v) is 2.67. The maximum Gasteiger partial charge on any atom is 0.184 e. The molecule has 2 nitrogen and oxygen atoms in total. The highest BCUT2D eigenvalue weighted by Crippen LogP contribution is 2.34. The van der Waals surface area contributed by atoms with Crippen LogP contribution in [-0.2, 0) is 0 Å². The van der Waals surface area contributed by atoms with E-state index in [0.29, 0.717) is 11.6 Å². The lowest BCUT2D eigenvalue weighted by Gasteiger charge is -2.31. The molecule has 3 unspecified atom stereocenters. The summed E-state index contributed by atoms with van der Waals surface area (Å²) in [6.07, 6.45) is 4.95. The van der Waals surface area contributed by atoms with Crippen LogP contribution >= 0.6 is 0 Å². The van der Waals surface area contributed by atoms with Gasteiger partial charge in [-0.15, -0.1) is 0 Å². The van der Waals surface area contributed by atoms with E-state index in [-0.39, 0.29) is 11.7 Å². The Morgan fingerprint density at radius 3 is 2.71 bits per heavy atom. The largest absolute Gasteiger partial charge is 0.292 e. The lowest BCUT2D eigenvalue weighted by Crippen LogP contribution is -2.27. The van der Waals surface area contributed by atoms with Gasteiger partial charge >= 0.3 is 0 Å². The van der Waals surface area contributed by atoms with Gasteiger partial charge in [-0.1, -0.05) is 13.8 Å². The van der Waals surface area contributed by atoms with Crippen LogP contribution in [0.4, 0.5) is 0 Å². The summed E-state index contributed by atoms with van der Waals surface area (Å²) in [7, 11) is 0. The number of hydrogen-bond acceptors (Lipinski definition) is 2. The molecule has 0 bridgehead atoms. The van der Waals surface area contributed by atoms with Crippen LogP contribution in [0.3, 0.4) is 0 Å². The number of hydrogen-bond donors (Lipinski definition) is 0. The van der Waals surface area contributed by atoms with E-state index in [1.807, 2.05) is 19.1 Å². The van der Waals surface area contributed by atoms with Crippen LogP contribution in [0.1, 0.15) is 49.2 Å². The summed E-state index contributed by atoms with van der Waals surface area (Å²) in [5, 5.41) is 0. The van der Waals surface area contributed by atoms with E-state index < -0.39 is 0 Å². The molecule has 0 amide bonds. The summed E-state index contributed by atoms with van der Waals surface area (Å²) in [5.74, 6) is 1.84. The van der Waals surface area contributed by atoms with Gasteiger partial charge in [-0.05, 0) is 55.7 Å². The van der Waals surface area contributed by atoms with Crippen LogP contribution in [0.15, 0.2) is 18.3 Å². The highest BCUT2D eigenvalue weighted by molar-refractivity contribution is 5.96. The Morgan fingerprint density at radius 1 is 1.29 bits per heavy atom. The Morgan fingerprint density at radius 2 is 2.06 bits per heavy atom. The van der Waals surface area contributed by atoms with Crippen LogP contribution in [0.2, 0.25) is 0 Å². The standard InChI is InChI=1S/C15H21NO/c1-10-6-7-16-14(8-10)15(17)13-5-4-11(2)12(3)9-13/h6-8,11-13H,4-5,9H2,1-3H3. The van der Waals surface area contributed by atoms with Gasteiger partial charge < -0.3 is 0 Å². The van der Waals surface area contributed by atoms with E-state index >= 15 is 0 Å². The number of aryl methyl sites for hydroxylation is 1. The van der Waals surface area contributed by atoms with Crippen LogP contribution in [0, 0.1) is 24.7 Å². The summed E-state index contributed by atoms with van der Waals surface area (Å²) < 4.78 is 0. The number of carbonyl (C=O) groups is 1. The molecule has 92 valence electrons. The molecule has 1 aromatic heterocycles. The third kappa shape index (κ3) is 2.74. The fourth-order valence-electron chi connectivity index (χ4n) is 2.67. The van der Waals surface area contributed by atoms with Crippen LogP contribution in [-0.4, -0.2) is 10.8 Å². The second-order valence-electron chi connectivity index (χ2n) is 5.55. The van der Waals surface area contributed by atoms with Crippen molar-refractivity contribution >= 4 is 5.78 Å². The Labute approximate surface area is 103 Å². The molecule has 0 aliphatic heterocycles. The molecule has 1 aliphatic rings. The molecular formula is C15H21NO. The number of carbonyl (C=O) groups excluding carboxylic acids is 1. The predicted molar refractivity (Wildman–Crippen MR) is 69.0 cm³/mol. The molecule has 2 heteroatoms. The number of ketones is 1. The van der Waals surface area contributed by atoms with Crippen molar-refractivity contribution in [3.63, 3.8) is 0 Å². The van der Waals surface area contributed by atoms with Gasteiger partial charge in [-0.25, -0.2) is 0 Å². The van der Waals surface area contributed by atoms with E-state index in [4.69, 9.17) is 0 Å². The zero-order valence-electron chi connectivity index (χ0n) is 10.9. The average Bonchev–Trinajstić information content (AvgIpc) is 2.32. The van der Waals surface area contributed by atoms with Crippen LogP contribution < -0.4 is 0 Å². The van der Waals surface area contributed by atoms with E-state index in [1.54, 1.807) is 6.20 Å². The van der Waals surface area contributed by atoms with Crippen molar-refractivity contribution in [3.05, 3.63) is 29.6 Å². The summed E-state index contributed by atoms with van der Waals surface area (Å²) in [5.41, 5.74) is 1.76. The molecule has 0 saturated heterocycles. The van der Waals surface area contributed by atoms with Crippen molar-refractivity contribution in [2.75, 3.05) is 0 Å². The third-order valence-corrected chi connectivity index (χ3v) is 4.14. The Kier molecular flexibility index (Phi) is 3.60. The van der Waals surface area contributed by atoms with E-state index in [1.165, 1.54) is 6.42 Å². The maximum absolute atomic E-state index is 12.3. The maximum atomic E-state index is 12.3. The number of aromatic nitrogens is 1. The highest BCUT2D eigenvalue weighted by atomic mass is 16.1. The minimum Gasteiger partial charge on any atom is -0.292 e. The Balaban J connectivity index is 2.10. The molecule has 3 atom stereocenters. The second kappa shape index (κ2) is 4.99. The first-order valence-electron chi connectivity index (χ1n) is 6.54. The van der Waals surface area contributed by atoms with Crippen molar-refractivity contribution in [2.24, 2.45) is 17.8 Å². The van der Waals surface area contributed by atoms with Gasteiger partial charge in [-0.3, -0.25) is 9.78 Å². The van der Waals surface area contributed by atoms with E-state index in [9.17, 15) is 4.79 Å². The topological polar surface area (TPSA) is 30.0 Å². The molecule has 0 spiro atoms.